The van der Waals surface area contributed by atoms with Crippen LogP contribution < -0.4 is 0 Å². The monoisotopic (exact) mass is 367 g/mol. The summed E-state index contributed by atoms with van der Waals surface area (Å²) in [6.07, 6.45) is 1.02. The molecule has 0 aliphatic rings. The Morgan fingerprint density at radius 3 is 2.11 bits per heavy atom. The van der Waals surface area contributed by atoms with Crippen LogP contribution in [0.15, 0.2) is 66.7 Å². The van der Waals surface area contributed by atoms with Gasteiger partial charge in [0, 0.05) is 26.2 Å². The van der Waals surface area contributed by atoms with Gasteiger partial charge in [0.15, 0.2) is 0 Å². The van der Waals surface area contributed by atoms with Crippen LogP contribution in [0.5, 0.6) is 0 Å². The SMILES string of the molecule is Cl.Cl.[Zr].c1ccc(C[c-]2ccc3ccccc32)cc1. The molecular weight excluding hydrogens is 354 g/mol. The Kier molecular flexibility index (Phi) is 8.42. The number of rotatable bonds is 2. The van der Waals surface area contributed by atoms with E-state index in [9.17, 15) is 0 Å². The topological polar surface area (TPSA) is 0 Å². The minimum atomic E-state index is 0. The van der Waals surface area contributed by atoms with E-state index in [1.54, 1.807) is 0 Å². The van der Waals surface area contributed by atoms with Gasteiger partial charge in [-0.3, -0.25) is 0 Å². The molecule has 19 heavy (non-hydrogen) atoms. The largest absolute Gasteiger partial charge is 0.168 e. The first-order valence-corrected chi connectivity index (χ1v) is 5.61. The van der Waals surface area contributed by atoms with Crippen molar-refractivity contribution in [3.63, 3.8) is 0 Å². The van der Waals surface area contributed by atoms with Crippen molar-refractivity contribution in [1.82, 2.24) is 0 Å². The normalized spacial score (nSPS) is 9.05. The molecule has 98 valence electrons. The number of hydrogen-bond acceptors (Lipinski definition) is 0. The number of hydrogen-bond donors (Lipinski definition) is 0. The summed E-state index contributed by atoms with van der Waals surface area (Å²) in [4.78, 5) is 0. The average Bonchev–Trinajstić information content (AvgIpc) is 2.74. The maximum atomic E-state index is 2.23. The molecule has 0 aliphatic heterocycles. The zero-order chi connectivity index (χ0) is 10.8. The van der Waals surface area contributed by atoms with E-state index in [1.807, 2.05) is 0 Å². The van der Waals surface area contributed by atoms with Crippen molar-refractivity contribution < 1.29 is 26.2 Å². The predicted molar refractivity (Wildman–Crippen MR) is 83.3 cm³/mol. The third-order valence-corrected chi connectivity index (χ3v) is 3.01. The van der Waals surface area contributed by atoms with Gasteiger partial charge in [-0.05, 0) is 6.42 Å². The van der Waals surface area contributed by atoms with Gasteiger partial charge >= 0.3 is 0 Å². The molecule has 0 bridgehead atoms. The van der Waals surface area contributed by atoms with Crippen LogP contribution in [0.25, 0.3) is 10.8 Å². The third-order valence-electron chi connectivity index (χ3n) is 3.01. The second-order valence-electron chi connectivity index (χ2n) is 4.11. The van der Waals surface area contributed by atoms with Gasteiger partial charge in [0.05, 0.1) is 0 Å². The Morgan fingerprint density at radius 1 is 0.737 bits per heavy atom. The molecule has 0 unspecified atom stereocenters. The van der Waals surface area contributed by atoms with E-state index in [0.29, 0.717) is 0 Å². The molecule has 0 atom stereocenters. The third kappa shape index (κ3) is 4.24. The summed E-state index contributed by atoms with van der Waals surface area (Å²) in [6, 6.07) is 23.6. The van der Waals surface area contributed by atoms with Gasteiger partial charge in [0.1, 0.15) is 0 Å². The molecule has 3 aromatic rings. The minimum Gasteiger partial charge on any atom is -0.168 e. The Balaban J connectivity index is 0.00000108. The van der Waals surface area contributed by atoms with E-state index in [2.05, 4.69) is 66.7 Å². The maximum absolute atomic E-state index is 2.23. The van der Waals surface area contributed by atoms with E-state index < -0.39 is 0 Å². The summed E-state index contributed by atoms with van der Waals surface area (Å²) in [7, 11) is 0. The molecule has 3 rings (SSSR count). The summed E-state index contributed by atoms with van der Waals surface area (Å²) in [5, 5.41) is 2.72. The van der Waals surface area contributed by atoms with Gasteiger partial charge in [0.2, 0.25) is 0 Å². The molecule has 0 aromatic heterocycles. The molecule has 0 amide bonds. The molecule has 0 nitrogen and oxygen atoms in total. The number of fused-ring (bicyclic) bond motifs is 1. The fourth-order valence-corrected chi connectivity index (χ4v) is 2.18. The zero-order valence-electron chi connectivity index (χ0n) is 10.4. The fourth-order valence-electron chi connectivity index (χ4n) is 2.18. The summed E-state index contributed by atoms with van der Waals surface area (Å²) < 4.78 is 0. The molecule has 0 saturated heterocycles. The smallest absolute Gasteiger partial charge is 0 e. The summed E-state index contributed by atoms with van der Waals surface area (Å²) >= 11 is 0. The molecule has 3 aromatic carbocycles. The molecule has 3 heteroatoms. The molecule has 0 heterocycles. The minimum absolute atomic E-state index is 0. The Bertz CT molecular complexity index is 602. The van der Waals surface area contributed by atoms with Crippen LogP contribution in [0.3, 0.4) is 0 Å². The van der Waals surface area contributed by atoms with Crippen LogP contribution >= 0.6 is 24.8 Å². The molecule has 0 aliphatic carbocycles. The summed E-state index contributed by atoms with van der Waals surface area (Å²) in [5.74, 6) is 0. The molecule has 0 radical (unpaired) electrons. The van der Waals surface area contributed by atoms with E-state index in [4.69, 9.17) is 0 Å². The second kappa shape index (κ2) is 8.64. The Hall–Kier alpha value is -0.487. The first-order chi connectivity index (χ1) is 7.93. The number of halogens is 2. The number of benzene rings is 2. The van der Waals surface area contributed by atoms with Crippen LogP contribution in [0, 0.1) is 0 Å². The van der Waals surface area contributed by atoms with E-state index in [1.165, 1.54) is 21.9 Å². The van der Waals surface area contributed by atoms with E-state index >= 15 is 0 Å². The standard InChI is InChI=1S/C16H13.2ClH.Zr/c1-2-6-13(7-3-1)12-15-11-10-14-8-4-5-9-16(14)15;;;/h1-11H,12H2;2*1H;/q-1;;;. The Labute approximate surface area is 145 Å². The van der Waals surface area contributed by atoms with Gasteiger partial charge in [-0.15, -0.1) is 65.4 Å². The van der Waals surface area contributed by atoms with Crippen molar-refractivity contribution in [2.24, 2.45) is 0 Å². The van der Waals surface area contributed by atoms with Gasteiger partial charge in [-0.1, -0.05) is 42.0 Å². The van der Waals surface area contributed by atoms with Crippen LogP contribution in [0.1, 0.15) is 11.1 Å². The quantitative estimate of drug-likeness (QED) is 0.558. The van der Waals surface area contributed by atoms with Crippen molar-refractivity contribution in [1.29, 1.82) is 0 Å². The van der Waals surface area contributed by atoms with Crippen molar-refractivity contribution in [3.05, 3.63) is 77.9 Å². The van der Waals surface area contributed by atoms with Gasteiger partial charge < -0.3 is 0 Å². The maximum Gasteiger partial charge on any atom is 0 e. The second-order valence-corrected chi connectivity index (χ2v) is 4.11. The van der Waals surface area contributed by atoms with Crippen molar-refractivity contribution >= 4 is 35.6 Å². The first kappa shape index (κ1) is 18.5. The van der Waals surface area contributed by atoms with E-state index in [0.717, 1.165) is 6.42 Å². The van der Waals surface area contributed by atoms with Crippen molar-refractivity contribution in [2.75, 3.05) is 0 Å². The molecule has 0 N–H and O–H groups in total. The van der Waals surface area contributed by atoms with Gasteiger partial charge in [-0.2, -0.15) is 6.07 Å². The Morgan fingerprint density at radius 2 is 1.37 bits per heavy atom. The molecular formula is C16H15Cl2Zr-. The van der Waals surface area contributed by atoms with Crippen LogP contribution in [-0.4, -0.2) is 0 Å². The van der Waals surface area contributed by atoms with Gasteiger partial charge in [-0.25, -0.2) is 0 Å². The van der Waals surface area contributed by atoms with Crippen molar-refractivity contribution in [2.45, 2.75) is 6.42 Å². The molecule has 0 fully saturated rings. The average molecular weight is 369 g/mol. The summed E-state index contributed by atoms with van der Waals surface area (Å²) in [6.45, 7) is 0. The summed E-state index contributed by atoms with van der Waals surface area (Å²) in [5.41, 5.74) is 2.79. The molecule has 0 spiro atoms. The van der Waals surface area contributed by atoms with Crippen LogP contribution in [0.4, 0.5) is 0 Å². The first-order valence-electron chi connectivity index (χ1n) is 5.61. The van der Waals surface area contributed by atoms with Crippen LogP contribution in [0.2, 0.25) is 0 Å². The van der Waals surface area contributed by atoms with E-state index in [-0.39, 0.29) is 51.0 Å². The predicted octanol–water partition coefficient (Wildman–Crippen LogP) is 4.99. The van der Waals surface area contributed by atoms with Crippen LogP contribution in [-0.2, 0) is 32.6 Å². The molecule has 0 saturated carbocycles. The van der Waals surface area contributed by atoms with Crippen molar-refractivity contribution in [3.8, 4) is 0 Å². The zero-order valence-corrected chi connectivity index (χ0v) is 14.5. The fraction of sp³-hybridized carbons (Fsp3) is 0.0625. The van der Waals surface area contributed by atoms with Gasteiger partial charge in [0.25, 0.3) is 0 Å².